The van der Waals surface area contributed by atoms with Crippen LogP contribution in [0.5, 0.6) is 11.5 Å². The minimum absolute atomic E-state index is 0.00188. The van der Waals surface area contributed by atoms with Crippen LogP contribution in [0.25, 0.3) is 0 Å². The second kappa shape index (κ2) is 7.90. The number of hydrogen-bond donors (Lipinski definition) is 0. The molecule has 0 bridgehead atoms. The Morgan fingerprint density at radius 2 is 1.71 bits per heavy atom. The van der Waals surface area contributed by atoms with Gasteiger partial charge in [0.2, 0.25) is 0 Å². The van der Waals surface area contributed by atoms with Crippen molar-refractivity contribution in [1.29, 1.82) is 0 Å². The standard InChI is InChI=1S/C22H20Cl2N2O2/c1-27-20-9-8-15(10-21(20)28-2)19-12-18(14-6-4-3-5-7-14)25-22-17(24)11-16(23)13-26(19)22/h3-11,13,18-19H,12H2,1-2H3. The van der Waals surface area contributed by atoms with E-state index in [1.54, 1.807) is 20.3 Å². The molecule has 4 rings (SSSR count). The Morgan fingerprint density at radius 3 is 2.43 bits per heavy atom. The lowest BCUT2D eigenvalue weighted by Crippen LogP contribution is -2.37. The van der Waals surface area contributed by atoms with Crippen molar-refractivity contribution < 1.29 is 9.47 Å². The smallest absolute Gasteiger partial charge is 0.161 e. The van der Waals surface area contributed by atoms with Gasteiger partial charge in [-0.15, -0.1) is 0 Å². The zero-order valence-corrected chi connectivity index (χ0v) is 17.1. The van der Waals surface area contributed by atoms with E-state index in [2.05, 4.69) is 12.1 Å². The quantitative estimate of drug-likeness (QED) is 0.632. The van der Waals surface area contributed by atoms with Crippen molar-refractivity contribution in [3.05, 3.63) is 82.0 Å². The number of ether oxygens (including phenoxy) is 2. The second-order valence-corrected chi connectivity index (χ2v) is 7.50. The summed E-state index contributed by atoms with van der Waals surface area (Å²) in [4.78, 5) is 6.97. The first-order valence-corrected chi connectivity index (χ1v) is 9.74. The third-order valence-corrected chi connectivity index (χ3v) is 5.51. The molecular weight excluding hydrogens is 395 g/mol. The van der Waals surface area contributed by atoms with Crippen molar-refractivity contribution in [2.45, 2.75) is 18.5 Å². The molecule has 0 N–H and O–H groups in total. The van der Waals surface area contributed by atoms with Gasteiger partial charge in [0.1, 0.15) is 5.84 Å². The minimum Gasteiger partial charge on any atom is -0.493 e. The molecule has 0 amide bonds. The molecular formula is C22H20Cl2N2O2. The summed E-state index contributed by atoms with van der Waals surface area (Å²) in [6.07, 6.45) is 4.40. The van der Waals surface area contributed by atoms with Crippen molar-refractivity contribution >= 4 is 29.0 Å². The van der Waals surface area contributed by atoms with E-state index >= 15 is 0 Å². The average Bonchev–Trinajstić information content (AvgIpc) is 2.73. The van der Waals surface area contributed by atoms with E-state index in [1.165, 1.54) is 0 Å². The molecule has 0 radical (unpaired) electrons. The molecule has 2 unspecified atom stereocenters. The third-order valence-electron chi connectivity index (χ3n) is 5.02. The molecule has 2 aliphatic rings. The van der Waals surface area contributed by atoms with Gasteiger partial charge >= 0.3 is 0 Å². The van der Waals surface area contributed by atoms with Crippen LogP contribution in [0.15, 0.2) is 75.9 Å². The van der Waals surface area contributed by atoms with E-state index in [1.807, 2.05) is 47.5 Å². The molecule has 0 spiro atoms. The van der Waals surface area contributed by atoms with Crippen molar-refractivity contribution in [2.24, 2.45) is 4.99 Å². The van der Waals surface area contributed by atoms with Gasteiger partial charge in [0.05, 0.1) is 36.4 Å². The fourth-order valence-electron chi connectivity index (χ4n) is 3.67. The summed E-state index contributed by atoms with van der Waals surface area (Å²) >= 11 is 12.8. The van der Waals surface area contributed by atoms with E-state index in [9.17, 15) is 0 Å². The zero-order chi connectivity index (χ0) is 19.7. The van der Waals surface area contributed by atoms with Crippen LogP contribution in [-0.4, -0.2) is 25.0 Å². The van der Waals surface area contributed by atoms with E-state index in [0.29, 0.717) is 21.6 Å². The number of fused-ring (bicyclic) bond motifs is 1. The highest BCUT2D eigenvalue weighted by atomic mass is 35.5. The first-order valence-electron chi connectivity index (χ1n) is 8.98. The van der Waals surface area contributed by atoms with Crippen LogP contribution in [0, 0.1) is 0 Å². The Balaban J connectivity index is 1.80. The topological polar surface area (TPSA) is 34.1 Å². The van der Waals surface area contributed by atoms with Gasteiger partial charge in [-0.1, -0.05) is 59.6 Å². The molecule has 0 saturated carbocycles. The van der Waals surface area contributed by atoms with Crippen molar-refractivity contribution in [3.8, 4) is 11.5 Å². The largest absolute Gasteiger partial charge is 0.493 e. The highest BCUT2D eigenvalue weighted by molar-refractivity contribution is 6.45. The molecule has 144 valence electrons. The number of methoxy groups -OCH3 is 2. The number of amidine groups is 1. The maximum Gasteiger partial charge on any atom is 0.161 e. The number of rotatable bonds is 4. The van der Waals surface area contributed by atoms with Crippen LogP contribution in [0.4, 0.5) is 0 Å². The van der Waals surface area contributed by atoms with Crippen LogP contribution in [-0.2, 0) is 0 Å². The Morgan fingerprint density at radius 1 is 0.964 bits per heavy atom. The van der Waals surface area contributed by atoms with Gasteiger partial charge < -0.3 is 14.4 Å². The Labute approximate surface area is 174 Å². The van der Waals surface area contributed by atoms with Crippen LogP contribution in [0.3, 0.4) is 0 Å². The van der Waals surface area contributed by atoms with Gasteiger partial charge in [-0.25, -0.2) is 0 Å². The number of allylic oxidation sites excluding steroid dienone is 2. The highest BCUT2D eigenvalue weighted by Gasteiger charge is 2.34. The molecule has 2 aromatic carbocycles. The third kappa shape index (κ3) is 3.50. The fourth-order valence-corrected chi connectivity index (χ4v) is 4.21. The molecule has 2 aromatic rings. The van der Waals surface area contributed by atoms with Gasteiger partial charge in [-0.05, 0) is 35.8 Å². The van der Waals surface area contributed by atoms with Gasteiger partial charge in [-0.2, -0.15) is 0 Å². The predicted molar refractivity (Wildman–Crippen MR) is 113 cm³/mol. The summed E-state index contributed by atoms with van der Waals surface area (Å²) in [5.41, 5.74) is 2.24. The fraction of sp³-hybridized carbons (Fsp3) is 0.227. The lowest BCUT2D eigenvalue weighted by molar-refractivity contribution is 0.327. The van der Waals surface area contributed by atoms with Crippen LogP contribution >= 0.6 is 23.2 Å². The highest BCUT2D eigenvalue weighted by Crippen LogP contribution is 2.43. The van der Waals surface area contributed by atoms with E-state index in [0.717, 1.165) is 23.4 Å². The molecule has 2 aliphatic heterocycles. The lowest BCUT2D eigenvalue weighted by atomic mass is 9.91. The molecule has 0 saturated heterocycles. The number of benzene rings is 2. The van der Waals surface area contributed by atoms with Crippen LogP contribution in [0.1, 0.15) is 29.6 Å². The molecule has 6 heteroatoms. The predicted octanol–water partition coefficient (Wildman–Crippen LogP) is 5.81. The maximum absolute atomic E-state index is 6.52. The monoisotopic (exact) mass is 414 g/mol. The van der Waals surface area contributed by atoms with Crippen molar-refractivity contribution in [2.75, 3.05) is 14.2 Å². The van der Waals surface area contributed by atoms with Crippen molar-refractivity contribution in [3.63, 3.8) is 0 Å². The van der Waals surface area contributed by atoms with Gasteiger partial charge in [0.25, 0.3) is 0 Å². The van der Waals surface area contributed by atoms with E-state index < -0.39 is 0 Å². The molecule has 0 aromatic heterocycles. The SMILES string of the molecule is COc1ccc(C2CC(c3ccccc3)N=C3C(Cl)=CC(Cl)=CN32)cc1OC. The number of nitrogens with zero attached hydrogens (tertiary/aromatic N) is 2. The summed E-state index contributed by atoms with van der Waals surface area (Å²) in [6.45, 7) is 0. The molecule has 2 atom stereocenters. The number of halogens is 2. The van der Waals surface area contributed by atoms with Crippen LogP contribution < -0.4 is 9.47 Å². The molecule has 28 heavy (non-hydrogen) atoms. The van der Waals surface area contributed by atoms with Gasteiger partial charge in [0, 0.05) is 6.20 Å². The number of aliphatic imine (C=N–C) groups is 1. The summed E-state index contributed by atoms with van der Waals surface area (Å²) in [7, 11) is 3.27. The maximum atomic E-state index is 6.52. The Kier molecular flexibility index (Phi) is 5.33. The Bertz CT molecular complexity index is 970. The van der Waals surface area contributed by atoms with E-state index in [4.69, 9.17) is 37.7 Å². The number of hydrogen-bond acceptors (Lipinski definition) is 4. The summed E-state index contributed by atoms with van der Waals surface area (Å²) < 4.78 is 10.9. The Hall–Kier alpha value is -2.43. The molecule has 2 heterocycles. The summed E-state index contributed by atoms with van der Waals surface area (Å²) in [5.74, 6) is 2.11. The second-order valence-electron chi connectivity index (χ2n) is 6.66. The first kappa shape index (κ1) is 18.9. The zero-order valence-electron chi connectivity index (χ0n) is 15.6. The summed E-state index contributed by atoms with van der Waals surface area (Å²) in [6, 6.07) is 16.2. The first-order chi connectivity index (χ1) is 13.6. The normalized spacial score (nSPS) is 21.3. The minimum atomic E-state index is -0.00188. The average molecular weight is 415 g/mol. The molecule has 4 nitrogen and oxygen atoms in total. The molecule has 0 aliphatic carbocycles. The summed E-state index contributed by atoms with van der Waals surface area (Å²) in [5, 5.41) is 1.12. The van der Waals surface area contributed by atoms with Gasteiger partial charge in [-0.3, -0.25) is 4.99 Å². The lowest BCUT2D eigenvalue weighted by Gasteiger charge is -2.39. The van der Waals surface area contributed by atoms with Gasteiger partial charge in [0.15, 0.2) is 11.5 Å². The molecule has 0 fully saturated rings. The van der Waals surface area contributed by atoms with E-state index in [-0.39, 0.29) is 12.1 Å². The van der Waals surface area contributed by atoms with Crippen molar-refractivity contribution in [1.82, 2.24) is 4.90 Å². The van der Waals surface area contributed by atoms with Crippen LogP contribution in [0.2, 0.25) is 0 Å².